The fourth-order valence-electron chi connectivity index (χ4n) is 7.05. The molecular formula is C46H46N4O8. The number of nitrogens with zero attached hydrogens (tertiary/aromatic N) is 1. The highest BCUT2D eigenvalue weighted by Gasteiger charge is 2.44. The minimum atomic E-state index is -2.05. The zero-order valence-electron chi connectivity index (χ0n) is 31.8. The molecule has 6 N–H and O–H groups in total. The zero-order chi connectivity index (χ0) is 40.5. The normalized spacial score (nSPS) is 14.6. The van der Waals surface area contributed by atoms with Crippen molar-refractivity contribution in [2.45, 2.75) is 37.3 Å². The van der Waals surface area contributed by atoms with Crippen molar-refractivity contribution < 1.29 is 34.4 Å². The summed E-state index contributed by atoms with van der Waals surface area (Å²) in [5, 5.41) is 39.7. The summed E-state index contributed by atoms with van der Waals surface area (Å²) >= 11 is 0. The Morgan fingerprint density at radius 2 is 1.57 bits per heavy atom. The number of amides is 1. The first kappa shape index (κ1) is 39.9. The lowest BCUT2D eigenvalue weighted by molar-refractivity contribution is -0.176. The number of hydrogen-bond acceptors (Lipinski definition) is 10. The molecule has 0 saturated carbocycles. The van der Waals surface area contributed by atoms with Gasteiger partial charge in [0.1, 0.15) is 17.6 Å². The fraction of sp³-hybridized carbons (Fsp3) is 0.239. The largest absolute Gasteiger partial charge is 0.506 e. The van der Waals surface area contributed by atoms with Crippen molar-refractivity contribution in [3.63, 3.8) is 0 Å². The van der Waals surface area contributed by atoms with Crippen molar-refractivity contribution >= 4 is 22.8 Å². The minimum absolute atomic E-state index is 0.0678. The van der Waals surface area contributed by atoms with Gasteiger partial charge in [0.15, 0.2) is 0 Å². The Bertz CT molecular complexity index is 2380. The smallest absolute Gasteiger partial charge is 0.348 e. The molecule has 1 amide bonds. The number of hydrogen-bond donors (Lipinski definition) is 6. The van der Waals surface area contributed by atoms with Gasteiger partial charge in [0, 0.05) is 61.8 Å². The van der Waals surface area contributed by atoms with Gasteiger partial charge in [-0.2, -0.15) is 0 Å². The molecule has 0 radical (unpaired) electrons. The second kappa shape index (κ2) is 18.3. The van der Waals surface area contributed by atoms with Crippen LogP contribution in [0.4, 0.5) is 0 Å². The van der Waals surface area contributed by atoms with Crippen LogP contribution in [0.3, 0.4) is 0 Å². The number of carbonyl (C=O) groups excluding carboxylic acids is 2. The molecule has 1 fully saturated rings. The maximum absolute atomic E-state index is 13.7. The maximum Gasteiger partial charge on any atom is 0.348 e. The lowest BCUT2D eigenvalue weighted by Gasteiger charge is -2.40. The molecule has 0 unspecified atom stereocenters. The molecule has 6 aromatic rings. The molecule has 12 heteroatoms. The molecule has 12 nitrogen and oxygen atoms in total. The third-order valence-corrected chi connectivity index (χ3v) is 10.2. The number of likely N-dealkylation sites (tertiary alicyclic amines) is 1. The predicted octanol–water partition coefficient (Wildman–Crippen LogP) is 4.92. The summed E-state index contributed by atoms with van der Waals surface area (Å²) < 4.78 is 11.9. The van der Waals surface area contributed by atoms with E-state index in [-0.39, 0.29) is 42.0 Å². The van der Waals surface area contributed by atoms with Gasteiger partial charge in [-0.3, -0.25) is 14.5 Å². The van der Waals surface area contributed by atoms with E-state index >= 15 is 0 Å². The van der Waals surface area contributed by atoms with Crippen LogP contribution < -0.4 is 20.9 Å². The average Bonchev–Trinajstić information content (AvgIpc) is 3.23. The van der Waals surface area contributed by atoms with Gasteiger partial charge in [-0.05, 0) is 65.1 Å². The number of ether oxygens (including phenoxy) is 2. The second-order valence-electron chi connectivity index (χ2n) is 14.4. The standard InChI is InChI=1S/C46H46N4O8/c51-40-21-19-38(39-20-22-42(53)49-43(39)40)41(52)27-47-26-31-15-17-33(18-16-31)44(54)48-23-8-24-57-36-14-7-13-35(25-36)46(56,34-11-5-2-6-12-34)45(55)58-37-29-50(30-37)28-32-9-3-1-4-10-32/h1-7,9-22,25,37,41,47,51-52,56H,8,23-24,26-30H2,(H,48,54)(H,49,53)/t41-,46-/m0/s1. The van der Waals surface area contributed by atoms with Crippen LogP contribution >= 0.6 is 0 Å². The summed E-state index contributed by atoms with van der Waals surface area (Å²) in [5.74, 6) is -0.573. The van der Waals surface area contributed by atoms with Crippen LogP contribution in [-0.2, 0) is 28.2 Å². The molecule has 1 saturated heterocycles. The van der Waals surface area contributed by atoms with Crippen LogP contribution in [-0.4, -0.2) is 76.0 Å². The molecule has 0 aliphatic carbocycles. The Morgan fingerprint density at radius 3 is 2.33 bits per heavy atom. The minimum Gasteiger partial charge on any atom is -0.506 e. The monoisotopic (exact) mass is 782 g/mol. The first-order chi connectivity index (χ1) is 28.2. The highest BCUT2D eigenvalue weighted by Crippen LogP contribution is 2.34. The number of phenols is 1. The van der Waals surface area contributed by atoms with Gasteiger partial charge >= 0.3 is 5.97 Å². The fourth-order valence-corrected chi connectivity index (χ4v) is 7.05. The molecule has 0 spiro atoms. The molecular weight excluding hydrogens is 737 g/mol. The van der Waals surface area contributed by atoms with Crippen molar-refractivity contribution in [1.82, 2.24) is 20.5 Å². The summed E-state index contributed by atoms with van der Waals surface area (Å²) in [7, 11) is 0. The predicted molar refractivity (Wildman–Crippen MR) is 219 cm³/mol. The molecule has 0 bridgehead atoms. The van der Waals surface area contributed by atoms with Crippen LogP contribution in [0, 0.1) is 0 Å². The average molecular weight is 783 g/mol. The lowest BCUT2D eigenvalue weighted by Crippen LogP contribution is -2.54. The van der Waals surface area contributed by atoms with E-state index < -0.39 is 17.7 Å². The molecule has 2 atom stereocenters. The van der Waals surface area contributed by atoms with E-state index in [0.29, 0.717) is 66.0 Å². The van der Waals surface area contributed by atoms with Crippen molar-refractivity contribution in [1.29, 1.82) is 0 Å². The van der Waals surface area contributed by atoms with Crippen LogP contribution in [0.5, 0.6) is 11.5 Å². The maximum atomic E-state index is 13.7. The summed E-state index contributed by atoms with van der Waals surface area (Å²) in [6.07, 6.45) is -0.709. The highest BCUT2D eigenvalue weighted by atomic mass is 16.6. The molecule has 1 aliphatic rings. The molecule has 1 aromatic heterocycles. The topological polar surface area (TPSA) is 173 Å². The number of H-pyrrole nitrogens is 1. The molecule has 1 aliphatic heterocycles. The van der Waals surface area contributed by atoms with Gasteiger partial charge in [-0.25, -0.2) is 4.79 Å². The van der Waals surface area contributed by atoms with Crippen molar-refractivity contribution in [2.24, 2.45) is 0 Å². The van der Waals surface area contributed by atoms with Gasteiger partial charge in [-0.15, -0.1) is 0 Å². The van der Waals surface area contributed by atoms with Crippen molar-refractivity contribution in [3.8, 4) is 11.5 Å². The number of carbonyl (C=O) groups is 2. The number of aromatic nitrogens is 1. The SMILES string of the molecule is O=C(NCCCOc1cccc([C@](O)(C(=O)OC2CN(Cc3ccccc3)C2)c2ccccc2)c1)c1ccc(CNC[C@H](O)c2ccc(O)c3[nH]c(=O)ccc23)cc1. The Kier molecular flexibility index (Phi) is 12.6. The van der Waals surface area contributed by atoms with Gasteiger partial charge in [-0.1, -0.05) is 91.0 Å². The number of aliphatic hydroxyl groups excluding tert-OH is 1. The Balaban J connectivity index is 0.863. The Morgan fingerprint density at radius 1 is 0.845 bits per heavy atom. The summed E-state index contributed by atoms with van der Waals surface area (Å²) in [5.41, 5.74) is 1.78. The lowest BCUT2D eigenvalue weighted by atomic mass is 9.86. The van der Waals surface area contributed by atoms with Gasteiger partial charge in [0.25, 0.3) is 5.91 Å². The molecule has 2 heterocycles. The van der Waals surface area contributed by atoms with Gasteiger partial charge in [0.05, 0.1) is 18.2 Å². The van der Waals surface area contributed by atoms with Crippen molar-refractivity contribution in [2.75, 3.05) is 32.8 Å². The highest BCUT2D eigenvalue weighted by molar-refractivity contribution is 5.94. The summed E-state index contributed by atoms with van der Waals surface area (Å²) in [4.78, 5) is 43.1. The number of esters is 1. The third kappa shape index (κ3) is 9.44. The number of aliphatic hydroxyl groups is 2. The van der Waals surface area contributed by atoms with Crippen LogP contribution in [0.2, 0.25) is 0 Å². The quantitative estimate of drug-likeness (QED) is 0.0551. The Hall–Kier alpha value is -6.31. The van der Waals surface area contributed by atoms with Crippen LogP contribution in [0.15, 0.2) is 138 Å². The zero-order valence-corrected chi connectivity index (χ0v) is 31.8. The van der Waals surface area contributed by atoms with E-state index in [0.717, 1.165) is 12.1 Å². The molecule has 58 heavy (non-hydrogen) atoms. The van der Waals surface area contributed by atoms with Gasteiger partial charge in [0.2, 0.25) is 11.2 Å². The van der Waals surface area contributed by atoms with E-state index in [1.165, 1.54) is 17.7 Å². The van der Waals surface area contributed by atoms with E-state index in [1.54, 1.807) is 72.8 Å². The van der Waals surface area contributed by atoms with Crippen LogP contribution in [0.1, 0.15) is 50.7 Å². The number of pyridine rings is 1. The van der Waals surface area contributed by atoms with E-state index in [1.807, 2.05) is 36.4 Å². The second-order valence-corrected chi connectivity index (χ2v) is 14.4. The molecule has 298 valence electrons. The number of fused-ring (bicyclic) bond motifs is 1. The van der Waals surface area contributed by atoms with E-state index in [4.69, 9.17) is 9.47 Å². The van der Waals surface area contributed by atoms with Gasteiger partial charge < -0.3 is 40.4 Å². The third-order valence-electron chi connectivity index (χ3n) is 10.2. The number of benzene rings is 5. The number of aromatic amines is 1. The first-order valence-corrected chi connectivity index (χ1v) is 19.3. The van der Waals surface area contributed by atoms with E-state index in [2.05, 4.69) is 32.7 Å². The Labute approximate surface area is 335 Å². The van der Waals surface area contributed by atoms with E-state index in [9.17, 15) is 29.7 Å². The summed E-state index contributed by atoms with van der Waals surface area (Å²) in [6, 6.07) is 38.8. The first-order valence-electron chi connectivity index (χ1n) is 19.3. The molecule has 7 rings (SSSR count). The number of phenolic OH excluding ortho intramolecular Hbond substituents is 1. The number of aromatic hydroxyl groups is 1. The van der Waals surface area contributed by atoms with Crippen molar-refractivity contribution in [3.05, 3.63) is 177 Å². The molecule has 5 aromatic carbocycles. The van der Waals surface area contributed by atoms with Crippen LogP contribution in [0.25, 0.3) is 10.9 Å². The summed E-state index contributed by atoms with van der Waals surface area (Å²) in [6.45, 7) is 3.24. The number of nitrogens with one attached hydrogen (secondary N) is 3. The number of rotatable bonds is 17.